The molecule has 0 radical (unpaired) electrons. The van der Waals surface area contributed by atoms with Gasteiger partial charge in [-0.2, -0.15) is 0 Å². The Hall–Kier alpha value is -2.53. The maximum atomic E-state index is 12.0. The fourth-order valence-electron chi connectivity index (χ4n) is 1.58. The first-order chi connectivity index (χ1) is 9.47. The van der Waals surface area contributed by atoms with Crippen LogP contribution in [-0.2, 0) is 0 Å². The second kappa shape index (κ2) is 5.63. The quantitative estimate of drug-likeness (QED) is 0.758. The van der Waals surface area contributed by atoms with Crippen LogP contribution in [0.4, 0.5) is 11.4 Å². The molecule has 1 amide bonds. The number of nitrogen functional groups attached to an aromatic ring is 1. The Balaban J connectivity index is 2.14. The van der Waals surface area contributed by atoms with E-state index in [1.165, 1.54) is 30.3 Å². The summed E-state index contributed by atoms with van der Waals surface area (Å²) in [4.78, 5) is 22.7. The zero-order valence-corrected chi connectivity index (χ0v) is 11.0. The van der Waals surface area contributed by atoms with E-state index in [9.17, 15) is 9.59 Å². The fourth-order valence-corrected chi connectivity index (χ4v) is 1.70. The number of carboxylic acid groups (broad SMARTS) is 1. The van der Waals surface area contributed by atoms with E-state index in [0.717, 1.165) is 0 Å². The Morgan fingerprint density at radius 1 is 1.05 bits per heavy atom. The number of benzene rings is 2. The van der Waals surface area contributed by atoms with Crippen LogP contribution >= 0.6 is 11.6 Å². The van der Waals surface area contributed by atoms with E-state index < -0.39 is 5.97 Å². The van der Waals surface area contributed by atoms with Crippen LogP contribution in [0.15, 0.2) is 42.5 Å². The molecule has 20 heavy (non-hydrogen) atoms. The first kappa shape index (κ1) is 13.9. The van der Waals surface area contributed by atoms with Crippen LogP contribution in [0.3, 0.4) is 0 Å². The van der Waals surface area contributed by atoms with Crippen molar-refractivity contribution in [2.75, 3.05) is 11.1 Å². The Morgan fingerprint density at radius 2 is 1.65 bits per heavy atom. The van der Waals surface area contributed by atoms with Crippen molar-refractivity contribution in [1.29, 1.82) is 0 Å². The monoisotopic (exact) mass is 290 g/mol. The van der Waals surface area contributed by atoms with Crippen LogP contribution in [0, 0.1) is 0 Å². The number of aromatic carboxylic acids is 1. The summed E-state index contributed by atoms with van der Waals surface area (Å²) in [5, 5.41) is 11.8. The minimum Gasteiger partial charge on any atom is -0.478 e. The van der Waals surface area contributed by atoms with Crippen molar-refractivity contribution in [3.05, 3.63) is 58.6 Å². The first-order valence-corrected chi connectivity index (χ1v) is 6.05. The van der Waals surface area contributed by atoms with Crippen molar-refractivity contribution in [3.8, 4) is 0 Å². The lowest BCUT2D eigenvalue weighted by Crippen LogP contribution is -2.12. The van der Waals surface area contributed by atoms with E-state index >= 15 is 0 Å². The molecule has 0 saturated carbocycles. The Bertz CT molecular complexity index is 669. The SMILES string of the molecule is Nc1cc(C(=O)Nc2ccc(C(=O)O)cc2)ccc1Cl. The summed E-state index contributed by atoms with van der Waals surface area (Å²) in [6.45, 7) is 0. The molecular formula is C14H11ClN2O3. The standard InChI is InChI=1S/C14H11ClN2O3/c15-11-6-3-9(7-12(11)16)13(18)17-10-4-1-8(2-5-10)14(19)20/h1-7H,16H2,(H,17,18)(H,19,20). The number of hydrogen-bond acceptors (Lipinski definition) is 3. The molecule has 0 aliphatic carbocycles. The van der Waals surface area contributed by atoms with Gasteiger partial charge in [0.05, 0.1) is 16.3 Å². The van der Waals surface area contributed by atoms with Gasteiger partial charge in [-0.3, -0.25) is 4.79 Å². The highest BCUT2D eigenvalue weighted by Crippen LogP contribution is 2.20. The molecule has 0 heterocycles. The van der Waals surface area contributed by atoms with Crippen LogP contribution in [0.5, 0.6) is 0 Å². The smallest absolute Gasteiger partial charge is 0.335 e. The Morgan fingerprint density at radius 3 is 2.20 bits per heavy atom. The third-order valence-electron chi connectivity index (χ3n) is 2.65. The van der Waals surface area contributed by atoms with E-state index in [4.69, 9.17) is 22.4 Å². The van der Waals surface area contributed by atoms with E-state index in [1.807, 2.05) is 0 Å². The van der Waals surface area contributed by atoms with Gasteiger partial charge < -0.3 is 16.2 Å². The molecule has 0 aromatic heterocycles. The minimum atomic E-state index is -1.02. The Kier molecular flexibility index (Phi) is 3.91. The minimum absolute atomic E-state index is 0.152. The van der Waals surface area contributed by atoms with Crippen LogP contribution in [0.2, 0.25) is 5.02 Å². The molecule has 0 aliphatic rings. The van der Waals surface area contributed by atoms with Crippen molar-refractivity contribution in [1.82, 2.24) is 0 Å². The number of carbonyl (C=O) groups is 2. The van der Waals surface area contributed by atoms with Crippen LogP contribution in [0.1, 0.15) is 20.7 Å². The lowest BCUT2D eigenvalue weighted by molar-refractivity contribution is 0.0696. The van der Waals surface area contributed by atoms with E-state index in [1.54, 1.807) is 12.1 Å². The fraction of sp³-hybridized carbons (Fsp3) is 0. The maximum Gasteiger partial charge on any atom is 0.335 e. The molecule has 0 bridgehead atoms. The summed E-state index contributed by atoms with van der Waals surface area (Å²) >= 11 is 5.78. The summed E-state index contributed by atoms with van der Waals surface area (Å²) in [6.07, 6.45) is 0. The second-order valence-electron chi connectivity index (χ2n) is 4.07. The number of nitrogens with two attached hydrogens (primary N) is 1. The molecule has 0 fully saturated rings. The maximum absolute atomic E-state index is 12.0. The largest absolute Gasteiger partial charge is 0.478 e. The van der Waals surface area contributed by atoms with Crippen molar-refractivity contribution in [3.63, 3.8) is 0 Å². The predicted octanol–water partition coefficient (Wildman–Crippen LogP) is 2.87. The summed E-state index contributed by atoms with van der Waals surface area (Å²) in [6, 6.07) is 10.4. The van der Waals surface area contributed by atoms with Gasteiger partial charge >= 0.3 is 5.97 Å². The molecule has 102 valence electrons. The highest BCUT2D eigenvalue weighted by molar-refractivity contribution is 6.33. The van der Waals surface area contributed by atoms with Crippen molar-refractivity contribution in [2.24, 2.45) is 0 Å². The highest BCUT2D eigenvalue weighted by Gasteiger charge is 2.08. The van der Waals surface area contributed by atoms with Gasteiger partial charge in [-0.25, -0.2) is 4.79 Å². The molecule has 2 aromatic carbocycles. The molecule has 0 spiro atoms. The molecule has 2 rings (SSSR count). The number of anilines is 2. The summed E-state index contributed by atoms with van der Waals surface area (Å²) < 4.78 is 0. The third kappa shape index (κ3) is 3.07. The number of halogens is 1. The molecule has 5 nitrogen and oxygen atoms in total. The van der Waals surface area contributed by atoms with Crippen LogP contribution in [-0.4, -0.2) is 17.0 Å². The molecule has 2 aromatic rings. The van der Waals surface area contributed by atoms with Gasteiger partial charge in [-0.05, 0) is 42.5 Å². The zero-order chi connectivity index (χ0) is 14.7. The van der Waals surface area contributed by atoms with Gasteiger partial charge in [0.15, 0.2) is 0 Å². The second-order valence-corrected chi connectivity index (χ2v) is 4.48. The van der Waals surface area contributed by atoms with Gasteiger partial charge in [0.1, 0.15) is 0 Å². The van der Waals surface area contributed by atoms with Gasteiger partial charge in [0, 0.05) is 11.3 Å². The van der Waals surface area contributed by atoms with Gasteiger partial charge in [-0.1, -0.05) is 11.6 Å². The summed E-state index contributed by atoms with van der Waals surface area (Å²) in [5.41, 5.74) is 6.96. The topological polar surface area (TPSA) is 92.4 Å². The summed E-state index contributed by atoms with van der Waals surface area (Å²) in [7, 11) is 0. The summed E-state index contributed by atoms with van der Waals surface area (Å²) in [5.74, 6) is -1.37. The number of carboxylic acids is 1. The molecule has 4 N–H and O–H groups in total. The average Bonchev–Trinajstić information content (AvgIpc) is 2.42. The normalized spacial score (nSPS) is 10.1. The molecular weight excluding hydrogens is 280 g/mol. The van der Waals surface area contributed by atoms with Crippen LogP contribution < -0.4 is 11.1 Å². The van der Waals surface area contributed by atoms with Gasteiger partial charge in [0.25, 0.3) is 5.91 Å². The average molecular weight is 291 g/mol. The lowest BCUT2D eigenvalue weighted by Gasteiger charge is -2.07. The van der Waals surface area contributed by atoms with Crippen LogP contribution in [0.25, 0.3) is 0 Å². The molecule has 0 atom stereocenters. The van der Waals surface area contributed by atoms with Crippen molar-refractivity contribution < 1.29 is 14.7 Å². The lowest BCUT2D eigenvalue weighted by atomic mass is 10.1. The molecule has 0 saturated heterocycles. The van der Waals surface area contributed by atoms with E-state index in [2.05, 4.69) is 5.32 Å². The van der Waals surface area contributed by atoms with Gasteiger partial charge in [0.2, 0.25) is 0 Å². The number of amides is 1. The molecule has 0 aliphatic heterocycles. The van der Waals surface area contributed by atoms with Crippen molar-refractivity contribution >= 4 is 34.9 Å². The highest BCUT2D eigenvalue weighted by atomic mass is 35.5. The predicted molar refractivity (Wildman–Crippen MR) is 77.2 cm³/mol. The number of rotatable bonds is 3. The van der Waals surface area contributed by atoms with E-state index in [-0.39, 0.29) is 11.5 Å². The zero-order valence-electron chi connectivity index (χ0n) is 10.3. The third-order valence-corrected chi connectivity index (χ3v) is 2.99. The van der Waals surface area contributed by atoms with Gasteiger partial charge in [-0.15, -0.1) is 0 Å². The molecule has 0 unspecified atom stereocenters. The Labute approximate surface area is 120 Å². The number of nitrogens with one attached hydrogen (secondary N) is 1. The molecule has 6 heteroatoms. The number of carbonyl (C=O) groups excluding carboxylic acids is 1. The van der Waals surface area contributed by atoms with E-state index in [0.29, 0.717) is 22.0 Å². The van der Waals surface area contributed by atoms with Crippen molar-refractivity contribution in [2.45, 2.75) is 0 Å². The number of hydrogen-bond donors (Lipinski definition) is 3. The first-order valence-electron chi connectivity index (χ1n) is 5.67.